The summed E-state index contributed by atoms with van der Waals surface area (Å²) in [6.45, 7) is 1.98. The van der Waals surface area contributed by atoms with Crippen molar-refractivity contribution in [3.63, 3.8) is 0 Å². The first-order valence-electron chi connectivity index (χ1n) is 6.62. The zero-order valence-electron chi connectivity index (χ0n) is 12.2. The highest BCUT2D eigenvalue weighted by Crippen LogP contribution is 2.16. The normalized spacial score (nSPS) is 12.4. The molecular formula is C16H19FIN3O. The molecule has 2 aromatic carbocycles. The maximum atomic E-state index is 13.5. The lowest BCUT2D eigenvalue weighted by Crippen LogP contribution is -2.23. The number of hydrogen-bond acceptors (Lipinski definition) is 2. The summed E-state index contributed by atoms with van der Waals surface area (Å²) in [6.07, 6.45) is -1.02. The summed E-state index contributed by atoms with van der Waals surface area (Å²) in [5.41, 5.74) is 7.91. The number of nitrogens with zero attached hydrogens (tertiary/aromatic N) is 1. The van der Waals surface area contributed by atoms with E-state index >= 15 is 0 Å². The van der Waals surface area contributed by atoms with Gasteiger partial charge in [-0.1, -0.05) is 35.9 Å². The molecule has 0 radical (unpaired) electrons. The van der Waals surface area contributed by atoms with Gasteiger partial charge in [-0.2, -0.15) is 0 Å². The lowest BCUT2D eigenvalue weighted by Gasteiger charge is -2.10. The van der Waals surface area contributed by atoms with Crippen molar-refractivity contribution in [2.45, 2.75) is 13.0 Å². The van der Waals surface area contributed by atoms with Crippen molar-refractivity contribution >= 4 is 35.6 Å². The van der Waals surface area contributed by atoms with Crippen LogP contribution in [0.1, 0.15) is 17.2 Å². The maximum absolute atomic E-state index is 13.5. The van der Waals surface area contributed by atoms with Crippen LogP contribution in [0.5, 0.6) is 0 Å². The van der Waals surface area contributed by atoms with Crippen LogP contribution in [0.2, 0.25) is 0 Å². The summed E-state index contributed by atoms with van der Waals surface area (Å²) in [5.74, 6) is -0.278. The number of aryl methyl sites for hydroxylation is 1. The van der Waals surface area contributed by atoms with Crippen molar-refractivity contribution in [3.05, 3.63) is 65.5 Å². The number of aliphatic hydroxyl groups is 1. The van der Waals surface area contributed by atoms with E-state index in [2.05, 4.69) is 10.3 Å². The molecule has 118 valence electrons. The number of nitrogens with one attached hydrogen (secondary N) is 1. The Morgan fingerprint density at radius 2 is 1.86 bits per heavy atom. The first-order chi connectivity index (χ1) is 10.1. The lowest BCUT2D eigenvalue weighted by atomic mass is 10.1. The van der Waals surface area contributed by atoms with Crippen LogP contribution in [0, 0.1) is 12.7 Å². The van der Waals surface area contributed by atoms with E-state index in [0.29, 0.717) is 0 Å². The van der Waals surface area contributed by atoms with Crippen molar-refractivity contribution < 1.29 is 9.50 Å². The SMILES string of the molecule is Cc1ccc(NC(N)=NCC(O)c2ccccc2F)cc1.I. The van der Waals surface area contributed by atoms with E-state index < -0.39 is 11.9 Å². The molecule has 0 fully saturated rings. The van der Waals surface area contributed by atoms with Crippen LogP contribution in [-0.2, 0) is 0 Å². The summed E-state index contributed by atoms with van der Waals surface area (Å²) in [5, 5.41) is 12.8. The van der Waals surface area contributed by atoms with Gasteiger partial charge in [-0.3, -0.25) is 4.99 Å². The second-order valence-corrected chi connectivity index (χ2v) is 4.75. The minimum absolute atomic E-state index is 0. The number of halogens is 2. The molecule has 4 N–H and O–H groups in total. The molecule has 6 heteroatoms. The van der Waals surface area contributed by atoms with E-state index in [1.54, 1.807) is 12.1 Å². The highest BCUT2D eigenvalue weighted by atomic mass is 127. The standard InChI is InChI=1S/C16H18FN3O.HI/c1-11-6-8-12(9-7-11)20-16(18)19-10-15(21)13-4-2-3-5-14(13)17;/h2-9,15,21H,10H2,1H3,(H3,18,19,20);1H. The molecule has 0 aliphatic heterocycles. The summed E-state index contributed by atoms with van der Waals surface area (Å²) in [7, 11) is 0. The van der Waals surface area contributed by atoms with Crippen molar-refractivity contribution in [2.75, 3.05) is 11.9 Å². The van der Waals surface area contributed by atoms with E-state index in [-0.39, 0.29) is 42.0 Å². The summed E-state index contributed by atoms with van der Waals surface area (Å²) >= 11 is 0. The Morgan fingerprint density at radius 1 is 1.23 bits per heavy atom. The second kappa shape index (κ2) is 8.70. The van der Waals surface area contributed by atoms with Gasteiger partial charge in [-0.05, 0) is 25.1 Å². The number of guanidine groups is 1. The molecule has 0 amide bonds. The third-order valence-electron chi connectivity index (χ3n) is 3.02. The monoisotopic (exact) mass is 415 g/mol. The van der Waals surface area contributed by atoms with Crippen LogP contribution >= 0.6 is 24.0 Å². The Kier molecular flexibility index (Phi) is 7.26. The minimum Gasteiger partial charge on any atom is -0.386 e. The van der Waals surface area contributed by atoms with Crippen molar-refractivity contribution in [3.8, 4) is 0 Å². The number of aliphatic imine (C=N–C) groups is 1. The average molecular weight is 415 g/mol. The van der Waals surface area contributed by atoms with Crippen molar-refractivity contribution in [2.24, 2.45) is 10.7 Å². The van der Waals surface area contributed by atoms with E-state index in [1.807, 2.05) is 31.2 Å². The largest absolute Gasteiger partial charge is 0.386 e. The number of aliphatic hydroxyl groups excluding tert-OH is 1. The van der Waals surface area contributed by atoms with Gasteiger partial charge in [-0.15, -0.1) is 24.0 Å². The van der Waals surface area contributed by atoms with Crippen LogP contribution < -0.4 is 11.1 Å². The Balaban J connectivity index is 0.00000242. The fourth-order valence-corrected chi connectivity index (χ4v) is 1.85. The van der Waals surface area contributed by atoms with Gasteiger partial charge >= 0.3 is 0 Å². The number of anilines is 1. The molecule has 1 unspecified atom stereocenters. The van der Waals surface area contributed by atoms with E-state index in [9.17, 15) is 9.50 Å². The molecule has 4 nitrogen and oxygen atoms in total. The summed E-state index contributed by atoms with van der Waals surface area (Å²) in [6, 6.07) is 13.7. The van der Waals surface area contributed by atoms with Crippen LogP contribution in [-0.4, -0.2) is 17.6 Å². The molecule has 0 saturated heterocycles. The Morgan fingerprint density at radius 3 is 2.50 bits per heavy atom. The fraction of sp³-hybridized carbons (Fsp3) is 0.188. The number of hydrogen-bond donors (Lipinski definition) is 3. The van der Waals surface area contributed by atoms with Crippen LogP contribution in [0.4, 0.5) is 10.1 Å². The predicted octanol–water partition coefficient (Wildman–Crippen LogP) is 3.21. The second-order valence-electron chi connectivity index (χ2n) is 4.75. The highest BCUT2D eigenvalue weighted by Gasteiger charge is 2.11. The molecule has 22 heavy (non-hydrogen) atoms. The molecule has 2 rings (SSSR count). The van der Waals surface area contributed by atoms with Crippen LogP contribution in [0.15, 0.2) is 53.5 Å². The van der Waals surface area contributed by atoms with Crippen LogP contribution in [0.25, 0.3) is 0 Å². The first-order valence-corrected chi connectivity index (χ1v) is 6.62. The smallest absolute Gasteiger partial charge is 0.193 e. The highest BCUT2D eigenvalue weighted by molar-refractivity contribution is 14.0. The predicted molar refractivity (Wildman–Crippen MR) is 98.1 cm³/mol. The lowest BCUT2D eigenvalue weighted by molar-refractivity contribution is 0.182. The Labute approximate surface area is 146 Å². The van der Waals surface area contributed by atoms with Gasteiger partial charge in [0.05, 0.1) is 6.54 Å². The number of nitrogens with two attached hydrogens (primary N) is 1. The van der Waals surface area contributed by atoms with Crippen molar-refractivity contribution in [1.82, 2.24) is 0 Å². The minimum atomic E-state index is -1.02. The third kappa shape index (κ3) is 5.27. The quantitative estimate of drug-likeness (QED) is 0.408. The van der Waals surface area contributed by atoms with E-state index in [0.717, 1.165) is 11.3 Å². The zero-order valence-corrected chi connectivity index (χ0v) is 14.5. The molecule has 0 heterocycles. The van der Waals surface area contributed by atoms with Gasteiger partial charge in [-0.25, -0.2) is 4.39 Å². The fourth-order valence-electron chi connectivity index (χ4n) is 1.85. The molecule has 0 aliphatic rings. The molecule has 0 bridgehead atoms. The van der Waals surface area contributed by atoms with E-state index in [1.165, 1.54) is 12.1 Å². The molecule has 0 aromatic heterocycles. The van der Waals surface area contributed by atoms with Crippen molar-refractivity contribution in [1.29, 1.82) is 0 Å². The summed E-state index contributed by atoms with van der Waals surface area (Å²) < 4.78 is 13.5. The van der Waals surface area contributed by atoms with Crippen LogP contribution in [0.3, 0.4) is 0 Å². The molecule has 1 atom stereocenters. The summed E-state index contributed by atoms with van der Waals surface area (Å²) in [4.78, 5) is 4.03. The van der Waals surface area contributed by atoms with Gasteiger partial charge in [0.2, 0.25) is 0 Å². The Bertz CT molecular complexity index is 632. The molecule has 0 saturated carbocycles. The molecule has 0 spiro atoms. The van der Waals surface area contributed by atoms with Gasteiger partial charge in [0.15, 0.2) is 5.96 Å². The zero-order chi connectivity index (χ0) is 15.2. The van der Waals surface area contributed by atoms with Gasteiger partial charge in [0.1, 0.15) is 11.9 Å². The average Bonchev–Trinajstić information content (AvgIpc) is 2.48. The molecule has 0 aliphatic carbocycles. The number of rotatable bonds is 4. The van der Waals surface area contributed by atoms with Gasteiger partial charge in [0.25, 0.3) is 0 Å². The molecule has 2 aromatic rings. The first kappa shape index (κ1) is 18.4. The Hall–Kier alpha value is -1.67. The third-order valence-corrected chi connectivity index (χ3v) is 3.02. The molecular weight excluding hydrogens is 396 g/mol. The maximum Gasteiger partial charge on any atom is 0.193 e. The van der Waals surface area contributed by atoms with Gasteiger partial charge < -0.3 is 16.2 Å². The van der Waals surface area contributed by atoms with E-state index in [4.69, 9.17) is 5.73 Å². The number of benzene rings is 2. The topological polar surface area (TPSA) is 70.6 Å². The van der Waals surface area contributed by atoms with Gasteiger partial charge in [0, 0.05) is 11.3 Å².